The Morgan fingerprint density at radius 1 is 1.64 bits per heavy atom. The first kappa shape index (κ1) is 9.95. The van der Waals surface area contributed by atoms with E-state index in [1.807, 2.05) is 13.8 Å². The predicted molar refractivity (Wildman–Crippen MR) is 44.9 cm³/mol. The molecule has 0 aromatic carbocycles. The molecule has 0 aromatic heterocycles. The Bertz CT molecular complexity index is 168. The second-order valence-electron chi connectivity index (χ2n) is 2.74. The van der Waals surface area contributed by atoms with Gasteiger partial charge in [-0.3, -0.25) is 4.79 Å². The van der Waals surface area contributed by atoms with E-state index in [1.165, 1.54) is 6.08 Å². The minimum Gasteiger partial charge on any atom is -0.427 e. The summed E-state index contributed by atoms with van der Waals surface area (Å²) >= 11 is 0. The van der Waals surface area contributed by atoms with Crippen molar-refractivity contribution in [2.75, 3.05) is 0 Å². The molecule has 0 amide bonds. The van der Waals surface area contributed by atoms with Crippen LogP contribution in [0.4, 0.5) is 0 Å². The Kier molecular flexibility index (Phi) is 4.27. The van der Waals surface area contributed by atoms with E-state index in [2.05, 4.69) is 13.2 Å². The molecule has 2 nitrogen and oxygen atoms in total. The largest absolute Gasteiger partial charge is 0.427 e. The molecular weight excluding hydrogens is 140 g/mol. The molecule has 0 bridgehead atoms. The van der Waals surface area contributed by atoms with Crippen LogP contribution in [-0.4, -0.2) is 5.97 Å². The quantitative estimate of drug-likeness (QED) is 0.353. The summed E-state index contributed by atoms with van der Waals surface area (Å²) in [5, 5.41) is 0. The molecule has 0 unspecified atom stereocenters. The van der Waals surface area contributed by atoms with Crippen molar-refractivity contribution < 1.29 is 9.53 Å². The summed E-state index contributed by atoms with van der Waals surface area (Å²) in [6.07, 6.45) is 1.84. The Morgan fingerprint density at radius 2 is 2.18 bits per heavy atom. The average molecular weight is 154 g/mol. The van der Waals surface area contributed by atoms with Crippen LogP contribution in [-0.2, 0) is 9.53 Å². The van der Waals surface area contributed by atoms with E-state index in [-0.39, 0.29) is 5.97 Å². The second-order valence-corrected chi connectivity index (χ2v) is 2.74. The number of ether oxygens (including phenoxy) is 1. The molecule has 62 valence electrons. The van der Waals surface area contributed by atoms with Gasteiger partial charge in [-0.25, -0.2) is 0 Å². The van der Waals surface area contributed by atoms with Gasteiger partial charge in [-0.15, -0.1) is 0 Å². The highest BCUT2D eigenvalue weighted by atomic mass is 16.5. The smallest absolute Gasteiger partial charge is 0.311 e. The molecule has 0 N–H and O–H groups in total. The SMILES string of the molecule is C=CC(=C)OC(=O)CC(C)C. The zero-order valence-corrected chi connectivity index (χ0v) is 7.09. The fraction of sp³-hybridized carbons (Fsp3) is 0.444. The Morgan fingerprint density at radius 3 is 2.55 bits per heavy atom. The van der Waals surface area contributed by atoms with Gasteiger partial charge in [0.25, 0.3) is 0 Å². The molecule has 0 spiro atoms. The van der Waals surface area contributed by atoms with Crippen molar-refractivity contribution >= 4 is 5.97 Å². The molecular formula is C9H14O2. The van der Waals surface area contributed by atoms with E-state index in [1.54, 1.807) is 0 Å². The normalized spacial score (nSPS) is 9.36. The maximum atomic E-state index is 10.9. The number of hydrogen-bond acceptors (Lipinski definition) is 2. The molecule has 0 fully saturated rings. The average Bonchev–Trinajstić information content (AvgIpc) is 1.85. The van der Waals surface area contributed by atoms with Crippen molar-refractivity contribution in [3.05, 3.63) is 25.0 Å². The molecule has 0 saturated heterocycles. The minimum atomic E-state index is -0.245. The highest BCUT2D eigenvalue weighted by Gasteiger charge is 2.05. The van der Waals surface area contributed by atoms with Crippen LogP contribution in [0.1, 0.15) is 20.3 Å². The summed E-state index contributed by atoms with van der Waals surface area (Å²) in [6, 6.07) is 0. The molecule has 0 rings (SSSR count). The summed E-state index contributed by atoms with van der Waals surface area (Å²) < 4.78 is 4.76. The van der Waals surface area contributed by atoms with Crippen LogP contribution in [0.2, 0.25) is 0 Å². The van der Waals surface area contributed by atoms with Gasteiger partial charge >= 0.3 is 5.97 Å². The van der Waals surface area contributed by atoms with Crippen LogP contribution < -0.4 is 0 Å². The number of carbonyl (C=O) groups is 1. The van der Waals surface area contributed by atoms with Gasteiger partial charge in [0.05, 0.1) is 0 Å². The summed E-state index contributed by atoms with van der Waals surface area (Å²) in [5.74, 6) is 0.390. The first-order valence-electron chi connectivity index (χ1n) is 3.58. The lowest BCUT2D eigenvalue weighted by Crippen LogP contribution is -2.05. The third-order valence-corrected chi connectivity index (χ3v) is 1.05. The Balaban J connectivity index is 3.69. The number of allylic oxidation sites excluding steroid dienone is 1. The maximum absolute atomic E-state index is 10.9. The van der Waals surface area contributed by atoms with Crippen molar-refractivity contribution in [3.63, 3.8) is 0 Å². The number of esters is 1. The Labute approximate surface area is 67.6 Å². The molecule has 0 heterocycles. The summed E-state index contributed by atoms with van der Waals surface area (Å²) in [5.41, 5.74) is 0. The molecule has 0 aromatic rings. The van der Waals surface area contributed by atoms with Gasteiger partial charge in [0.2, 0.25) is 0 Å². The minimum absolute atomic E-state index is 0.245. The molecule has 0 aliphatic carbocycles. The van der Waals surface area contributed by atoms with E-state index in [4.69, 9.17) is 4.74 Å². The van der Waals surface area contributed by atoms with Gasteiger partial charge in [0.1, 0.15) is 5.76 Å². The lowest BCUT2D eigenvalue weighted by Gasteiger charge is -2.04. The van der Waals surface area contributed by atoms with Gasteiger partial charge in [-0.2, -0.15) is 0 Å². The fourth-order valence-electron chi connectivity index (χ4n) is 0.563. The van der Waals surface area contributed by atoms with Crippen molar-refractivity contribution in [1.29, 1.82) is 0 Å². The molecule has 11 heavy (non-hydrogen) atoms. The van der Waals surface area contributed by atoms with Crippen LogP contribution in [0.25, 0.3) is 0 Å². The Hall–Kier alpha value is -1.05. The van der Waals surface area contributed by atoms with Crippen LogP contribution >= 0.6 is 0 Å². The van der Waals surface area contributed by atoms with Crippen molar-refractivity contribution in [2.45, 2.75) is 20.3 Å². The topological polar surface area (TPSA) is 26.3 Å². The number of rotatable bonds is 4. The third-order valence-electron chi connectivity index (χ3n) is 1.05. The summed E-state index contributed by atoms with van der Waals surface area (Å²) in [7, 11) is 0. The van der Waals surface area contributed by atoms with Gasteiger partial charge in [-0.05, 0) is 12.0 Å². The van der Waals surface area contributed by atoms with Gasteiger partial charge < -0.3 is 4.74 Å². The number of hydrogen-bond donors (Lipinski definition) is 0. The van der Waals surface area contributed by atoms with Crippen LogP contribution in [0.15, 0.2) is 25.0 Å². The molecule has 0 aliphatic rings. The van der Waals surface area contributed by atoms with E-state index in [0.29, 0.717) is 18.1 Å². The van der Waals surface area contributed by atoms with Crippen molar-refractivity contribution in [1.82, 2.24) is 0 Å². The molecule has 0 saturated carbocycles. The first-order chi connectivity index (χ1) is 5.06. The van der Waals surface area contributed by atoms with E-state index in [9.17, 15) is 4.79 Å². The fourth-order valence-corrected chi connectivity index (χ4v) is 0.563. The third kappa shape index (κ3) is 5.40. The van der Waals surface area contributed by atoms with Crippen LogP contribution in [0.3, 0.4) is 0 Å². The predicted octanol–water partition coefficient (Wildman–Crippen LogP) is 2.28. The molecule has 0 aliphatic heterocycles. The highest BCUT2D eigenvalue weighted by molar-refractivity contribution is 5.71. The van der Waals surface area contributed by atoms with Crippen molar-refractivity contribution in [2.24, 2.45) is 5.92 Å². The highest BCUT2D eigenvalue weighted by Crippen LogP contribution is 2.04. The van der Waals surface area contributed by atoms with Crippen molar-refractivity contribution in [3.8, 4) is 0 Å². The van der Waals surface area contributed by atoms with E-state index in [0.717, 1.165) is 0 Å². The standard InChI is InChI=1S/C9H14O2/c1-5-8(4)11-9(10)6-7(2)3/h5,7H,1,4,6H2,2-3H3. The molecule has 0 radical (unpaired) electrons. The lowest BCUT2D eigenvalue weighted by atomic mass is 10.1. The van der Waals surface area contributed by atoms with Crippen LogP contribution in [0, 0.1) is 5.92 Å². The van der Waals surface area contributed by atoms with Gasteiger partial charge in [0, 0.05) is 6.42 Å². The zero-order chi connectivity index (χ0) is 8.85. The van der Waals surface area contributed by atoms with E-state index < -0.39 is 0 Å². The maximum Gasteiger partial charge on any atom is 0.311 e. The van der Waals surface area contributed by atoms with Gasteiger partial charge in [-0.1, -0.05) is 27.0 Å². The van der Waals surface area contributed by atoms with E-state index >= 15 is 0 Å². The summed E-state index contributed by atoms with van der Waals surface area (Å²) in [6.45, 7) is 10.8. The zero-order valence-electron chi connectivity index (χ0n) is 7.09. The van der Waals surface area contributed by atoms with Crippen LogP contribution in [0.5, 0.6) is 0 Å². The summed E-state index contributed by atoms with van der Waals surface area (Å²) in [4.78, 5) is 10.9. The second kappa shape index (κ2) is 4.72. The number of carbonyl (C=O) groups excluding carboxylic acids is 1. The van der Waals surface area contributed by atoms with Gasteiger partial charge in [0.15, 0.2) is 0 Å². The monoisotopic (exact) mass is 154 g/mol. The lowest BCUT2D eigenvalue weighted by molar-refractivity contribution is -0.139. The molecule has 0 atom stereocenters. The molecule has 2 heteroatoms. The first-order valence-corrected chi connectivity index (χ1v) is 3.58.